The molecule has 0 saturated carbocycles. The van der Waals surface area contributed by atoms with Crippen molar-refractivity contribution in [2.75, 3.05) is 5.32 Å². The molecule has 0 fully saturated rings. The first-order valence-corrected chi connectivity index (χ1v) is 9.47. The first-order valence-electron chi connectivity index (χ1n) is 8.22. The molecule has 1 heterocycles. The van der Waals surface area contributed by atoms with E-state index in [1.165, 1.54) is 0 Å². The maximum Gasteiger partial charge on any atom is 0.277 e. The van der Waals surface area contributed by atoms with Gasteiger partial charge in [-0.05, 0) is 49.4 Å². The van der Waals surface area contributed by atoms with E-state index in [9.17, 15) is 4.79 Å². The summed E-state index contributed by atoms with van der Waals surface area (Å²) in [6.45, 7) is 1.83. The number of nitrogens with zero attached hydrogens (tertiary/aromatic N) is 3. The molecule has 0 spiro atoms. The second-order valence-electron chi connectivity index (χ2n) is 5.65. The third-order valence-corrected chi connectivity index (χ3v) is 4.72. The van der Waals surface area contributed by atoms with E-state index < -0.39 is 5.25 Å². The van der Waals surface area contributed by atoms with Gasteiger partial charge in [-0.3, -0.25) is 4.79 Å². The highest BCUT2D eigenvalue weighted by Gasteiger charge is 2.19. The zero-order valence-corrected chi connectivity index (χ0v) is 16.3. The van der Waals surface area contributed by atoms with Crippen LogP contribution in [-0.2, 0) is 11.4 Å². The Bertz CT molecular complexity index is 1000. The molecule has 3 rings (SSSR count). The highest BCUT2D eigenvalue weighted by Crippen LogP contribution is 2.24. The minimum atomic E-state index is -0.476. The van der Waals surface area contributed by atoms with E-state index in [4.69, 9.17) is 26.0 Å². The number of hydrogen-bond acceptors (Lipinski definition) is 7. The molecule has 0 bridgehead atoms. The third-order valence-electron chi connectivity index (χ3n) is 3.53. The summed E-state index contributed by atoms with van der Waals surface area (Å²) >= 11 is 6.96. The second kappa shape index (κ2) is 9.26. The molecule has 9 heteroatoms. The van der Waals surface area contributed by atoms with Crippen molar-refractivity contribution < 1.29 is 13.9 Å². The smallest absolute Gasteiger partial charge is 0.277 e. The Labute approximate surface area is 170 Å². The predicted molar refractivity (Wildman–Crippen MR) is 105 cm³/mol. The van der Waals surface area contributed by atoms with E-state index >= 15 is 0 Å². The van der Waals surface area contributed by atoms with Gasteiger partial charge in [0, 0.05) is 10.7 Å². The van der Waals surface area contributed by atoms with Crippen LogP contribution in [0.5, 0.6) is 5.75 Å². The Morgan fingerprint density at radius 3 is 2.86 bits per heavy atom. The van der Waals surface area contributed by atoms with Crippen molar-refractivity contribution >= 4 is 35.0 Å². The number of ether oxygens (including phenoxy) is 1. The molecule has 1 amide bonds. The molecule has 28 heavy (non-hydrogen) atoms. The SMILES string of the molecule is C[C@@H](Sc1nnc(COc2ccc(Cl)cc2)o1)C(=O)Nc1cccc(C#N)c1. The van der Waals surface area contributed by atoms with Crippen molar-refractivity contribution in [2.24, 2.45) is 0 Å². The first kappa shape index (κ1) is 19.7. The number of hydrogen-bond donors (Lipinski definition) is 1. The number of anilines is 1. The number of rotatable bonds is 7. The number of carbonyl (C=O) groups excluding carboxylic acids is 1. The average molecular weight is 415 g/mol. The lowest BCUT2D eigenvalue weighted by molar-refractivity contribution is -0.115. The number of aromatic nitrogens is 2. The quantitative estimate of drug-likeness (QED) is 0.575. The summed E-state index contributed by atoms with van der Waals surface area (Å²) in [5, 5.41) is 19.9. The Hall–Kier alpha value is -3.02. The summed E-state index contributed by atoms with van der Waals surface area (Å²) in [4.78, 5) is 12.3. The summed E-state index contributed by atoms with van der Waals surface area (Å²) in [6.07, 6.45) is 0. The second-order valence-corrected chi connectivity index (χ2v) is 7.37. The lowest BCUT2D eigenvalue weighted by Gasteiger charge is -2.10. The number of nitrogens with one attached hydrogen (secondary N) is 1. The number of carbonyl (C=O) groups is 1. The Kier molecular flexibility index (Phi) is 6.53. The fourth-order valence-electron chi connectivity index (χ4n) is 2.14. The molecule has 0 radical (unpaired) electrons. The largest absolute Gasteiger partial charge is 0.484 e. The van der Waals surface area contributed by atoms with Crippen LogP contribution in [0.25, 0.3) is 0 Å². The maximum atomic E-state index is 12.3. The Morgan fingerprint density at radius 2 is 2.11 bits per heavy atom. The van der Waals surface area contributed by atoms with Gasteiger partial charge in [0.05, 0.1) is 16.9 Å². The lowest BCUT2D eigenvalue weighted by Crippen LogP contribution is -2.22. The van der Waals surface area contributed by atoms with Crippen LogP contribution < -0.4 is 10.1 Å². The molecule has 0 saturated heterocycles. The summed E-state index contributed by atoms with van der Waals surface area (Å²) in [5.41, 5.74) is 1.03. The van der Waals surface area contributed by atoms with Crippen LogP contribution in [0.3, 0.4) is 0 Å². The number of nitriles is 1. The molecule has 7 nitrogen and oxygen atoms in total. The summed E-state index contributed by atoms with van der Waals surface area (Å²) in [5.74, 6) is 0.688. The molecule has 1 aromatic heterocycles. The third kappa shape index (κ3) is 5.49. The van der Waals surface area contributed by atoms with Crippen LogP contribution in [0.2, 0.25) is 5.02 Å². The molecule has 1 atom stereocenters. The van der Waals surface area contributed by atoms with Crippen LogP contribution >= 0.6 is 23.4 Å². The number of amides is 1. The van der Waals surface area contributed by atoms with Crippen molar-refractivity contribution in [2.45, 2.75) is 24.0 Å². The van der Waals surface area contributed by atoms with Crippen molar-refractivity contribution in [3.63, 3.8) is 0 Å². The predicted octanol–water partition coefficient (Wildman–Crippen LogP) is 4.29. The van der Waals surface area contributed by atoms with Crippen LogP contribution in [-0.4, -0.2) is 21.4 Å². The van der Waals surface area contributed by atoms with Crippen molar-refractivity contribution in [3.8, 4) is 11.8 Å². The summed E-state index contributed by atoms with van der Waals surface area (Å²) in [7, 11) is 0. The number of halogens is 1. The lowest BCUT2D eigenvalue weighted by atomic mass is 10.2. The zero-order chi connectivity index (χ0) is 19.9. The van der Waals surface area contributed by atoms with E-state index in [0.717, 1.165) is 11.8 Å². The maximum absolute atomic E-state index is 12.3. The van der Waals surface area contributed by atoms with Gasteiger partial charge < -0.3 is 14.5 Å². The highest BCUT2D eigenvalue weighted by molar-refractivity contribution is 8.00. The van der Waals surface area contributed by atoms with Gasteiger partial charge in [-0.2, -0.15) is 5.26 Å². The number of benzene rings is 2. The topological polar surface area (TPSA) is 101 Å². The van der Waals surface area contributed by atoms with E-state index in [1.54, 1.807) is 55.5 Å². The molecule has 0 aliphatic rings. The fourth-order valence-corrected chi connectivity index (χ4v) is 2.96. The molecular formula is C19H15ClN4O3S. The Morgan fingerprint density at radius 1 is 1.32 bits per heavy atom. The van der Waals surface area contributed by atoms with Gasteiger partial charge in [0.15, 0.2) is 6.61 Å². The summed E-state index contributed by atoms with van der Waals surface area (Å²) < 4.78 is 11.0. The van der Waals surface area contributed by atoms with Crippen LogP contribution in [0.1, 0.15) is 18.4 Å². The van der Waals surface area contributed by atoms with Gasteiger partial charge in [0.1, 0.15) is 5.75 Å². The van der Waals surface area contributed by atoms with Crippen LogP contribution in [0.4, 0.5) is 5.69 Å². The van der Waals surface area contributed by atoms with E-state index in [2.05, 4.69) is 15.5 Å². The number of thioether (sulfide) groups is 1. The molecule has 0 unspecified atom stereocenters. The molecule has 2 aromatic carbocycles. The summed E-state index contributed by atoms with van der Waals surface area (Å²) in [6, 6.07) is 15.6. The minimum Gasteiger partial charge on any atom is -0.484 e. The molecule has 1 N–H and O–H groups in total. The van der Waals surface area contributed by atoms with Gasteiger partial charge in [0.25, 0.3) is 11.1 Å². The molecule has 142 valence electrons. The first-order chi connectivity index (χ1) is 13.5. The van der Waals surface area contributed by atoms with Crippen molar-refractivity contribution in [1.82, 2.24) is 10.2 Å². The van der Waals surface area contributed by atoms with Crippen LogP contribution in [0, 0.1) is 11.3 Å². The molecule has 0 aliphatic heterocycles. The van der Waals surface area contributed by atoms with Crippen molar-refractivity contribution in [1.29, 1.82) is 5.26 Å². The van der Waals surface area contributed by atoms with Gasteiger partial charge in [-0.25, -0.2) is 0 Å². The average Bonchev–Trinajstić information content (AvgIpc) is 3.15. The zero-order valence-electron chi connectivity index (χ0n) is 14.8. The van der Waals surface area contributed by atoms with Crippen molar-refractivity contribution in [3.05, 3.63) is 65.0 Å². The minimum absolute atomic E-state index is 0.108. The van der Waals surface area contributed by atoms with E-state index in [-0.39, 0.29) is 17.7 Å². The molecule has 3 aromatic rings. The van der Waals surface area contributed by atoms with E-state index in [1.807, 2.05) is 6.07 Å². The standard InChI is InChI=1S/C19H15ClN4O3S/c1-12(18(25)22-15-4-2-3-13(9-15)10-21)28-19-24-23-17(27-19)11-26-16-7-5-14(20)6-8-16/h2-9,12H,11H2,1H3,(H,22,25)/t12-/m1/s1. The van der Waals surface area contributed by atoms with Gasteiger partial charge in [-0.15, -0.1) is 10.2 Å². The molecular weight excluding hydrogens is 400 g/mol. The monoisotopic (exact) mass is 414 g/mol. The Balaban J connectivity index is 1.52. The molecule has 0 aliphatic carbocycles. The normalized spacial score (nSPS) is 11.5. The fraction of sp³-hybridized carbons (Fsp3) is 0.158. The van der Waals surface area contributed by atoms with Gasteiger partial charge in [-0.1, -0.05) is 29.4 Å². The van der Waals surface area contributed by atoms with Crippen LogP contribution in [0.15, 0.2) is 58.2 Å². The highest BCUT2D eigenvalue weighted by atomic mass is 35.5. The van der Waals surface area contributed by atoms with E-state index in [0.29, 0.717) is 27.9 Å². The van der Waals surface area contributed by atoms with Gasteiger partial charge >= 0.3 is 0 Å². The van der Waals surface area contributed by atoms with Gasteiger partial charge in [0.2, 0.25) is 5.91 Å².